The molecule has 0 atom stereocenters. The fourth-order valence-corrected chi connectivity index (χ4v) is 2.07. The number of unbranched alkanes of at least 4 members (excludes halogenated alkanes) is 9. The van der Waals surface area contributed by atoms with Crippen molar-refractivity contribution in [1.29, 1.82) is 0 Å². The quantitative estimate of drug-likeness (QED) is 0.304. The summed E-state index contributed by atoms with van der Waals surface area (Å²) in [6.45, 7) is 8.58. The number of carboxylic acid groups (broad SMARTS) is 1. The smallest absolute Gasteiger partial charge is 0.330 e. The van der Waals surface area contributed by atoms with Crippen LogP contribution in [0.15, 0.2) is 12.2 Å². The predicted molar refractivity (Wildman–Crippen MR) is 108 cm³/mol. The summed E-state index contributed by atoms with van der Waals surface area (Å²) in [5, 5.41) is 8.08. The molecule has 0 saturated carbocycles. The third kappa shape index (κ3) is 26.8. The maximum atomic E-state index is 9.83. The van der Waals surface area contributed by atoms with E-state index in [-0.39, 0.29) is 22.6 Å². The van der Waals surface area contributed by atoms with Crippen LogP contribution in [0.2, 0.25) is 0 Å². The molecule has 140 valence electrons. The Bertz CT molecular complexity index is 268. The van der Waals surface area contributed by atoms with E-state index in [0.29, 0.717) is 6.42 Å². The molecule has 0 aromatic carbocycles. The molecule has 1 N–H and O–H groups in total. The van der Waals surface area contributed by atoms with E-state index >= 15 is 0 Å². The summed E-state index contributed by atoms with van der Waals surface area (Å²) in [5.41, 5.74) is 0.264. The van der Waals surface area contributed by atoms with E-state index in [1.165, 1.54) is 70.8 Å². The Morgan fingerprint density at radius 1 is 0.870 bits per heavy atom. The average Bonchev–Trinajstić information content (AvgIpc) is 2.48. The average molecular weight is 394 g/mol. The second-order valence-corrected chi connectivity index (χ2v) is 6.25. The van der Waals surface area contributed by atoms with Crippen LogP contribution in [0.5, 0.6) is 0 Å². The summed E-state index contributed by atoms with van der Waals surface area (Å²) in [7, 11) is 4.32. The van der Waals surface area contributed by atoms with E-state index in [0.717, 1.165) is 0 Å². The molecule has 0 unspecified atom stereocenters. The third-order valence-electron chi connectivity index (χ3n) is 3.69. The SMILES string of the molecule is Br.C=C(CC)C(=O)O.CCCCCCCCCCCCN(C)C. The minimum atomic E-state index is -0.900. The molecule has 0 aromatic heterocycles. The number of carbonyl (C=O) groups is 1. The molecular weight excluding hydrogens is 354 g/mol. The lowest BCUT2D eigenvalue weighted by atomic mass is 10.1. The zero-order chi connectivity index (χ0) is 17.2. The van der Waals surface area contributed by atoms with Gasteiger partial charge >= 0.3 is 5.97 Å². The van der Waals surface area contributed by atoms with Gasteiger partial charge in [0.15, 0.2) is 0 Å². The number of aliphatic carboxylic acids is 1. The first-order valence-electron chi connectivity index (χ1n) is 9.01. The monoisotopic (exact) mass is 393 g/mol. The third-order valence-corrected chi connectivity index (χ3v) is 3.69. The van der Waals surface area contributed by atoms with E-state index in [1.54, 1.807) is 6.92 Å². The Kier molecular flexibility index (Phi) is 25.9. The van der Waals surface area contributed by atoms with E-state index in [4.69, 9.17) is 5.11 Å². The van der Waals surface area contributed by atoms with Gasteiger partial charge in [0.1, 0.15) is 0 Å². The molecule has 0 aliphatic carbocycles. The van der Waals surface area contributed by atoms with Crippen molar-refractivity contribution in [2.75, 3.05) is 20.6 Å². The number of hydrogen-bond donors (Lipinski definition) is 1. The Labute approximate surface area is 155 Å². The summed E-state index contributed by atoms with van der Waals surface area (Å²) in [4.78, 5) is 12.1. The van der Waals surface area contributed by atoms with Gasteiger partial charge in [-0.3, -0.25) is 0 Å². The molecule has 0 aromatic rings. The number of hydrogen-bond acceptors (Lipinski definition) is 2. The molecule has 4 heteroatoms. The highest BCUT2D eigenvalue weighted by Crippen LogP contribution is 2.10. The van der Waals surface area contributed by atoms with Gasteiger partial charge in [-0.15, -0.1) is 17.0 Å². The molecule has 0 rings (SSSR count). The Morgan fingerprint density at radius 2 is 1.26 bits per heavy atom. The number of nitrogens with zero attached hydrogens (tertiary/aromatic N) is 1. The van der Waals surface area contributed by atoms with Crippen LogP contribution in [0, 0.1) is 0 Å². The molecule has 0 saturated heterocycles. The second-order valence-electron chi connectivity index (χ2n) is 6.25. The van der Waals surface area contributed by atoms with Crippen LogP contribution in [0.4, 0.5) is 0 Å². The normalized spacial score (nSPS) is 9.78. The topological polar surface area (TPSA) is 40.5 Å². The molecule has 23 heavy (non-hydrogen) atoms. The van der Waals surface area contributed by atoms with E-state index in [2.05, 4.69) is 32.5 Å². The summed E-state index contributed by atoms with van der Waals surface area (Å²) < 4.78 is 0. The van der Waals surface area contributed by atoms with Gasteiger partial charge < -0.3 is 10.0 Å². The fourth-order valence-electron chi connectivity index (χ4n) is 2.07. The van der Waals surface area contributed by atoms with Crippen LogP contribution in [0.1, 0.15) is 84.5 Å². The van der Waals surface area contributed by atoms with Gasteiger partial charge in [-0.1, -0.05) is 78.2 Å². The standard InChI is InChI=1S/C14H31N.C5H8O2.BrH/c1-4-5-6-7-8-9-10-11-12-13-14-15(2)3;1-3-4(2)5(6)7;/h4-14H2,1-3H3;2-3H2,1H3,(H,6,7);1H. The van der Waals surface area contributed by atoms with Crippen LogP contribution < -0.4 is 0 Å². The van der Waals surface area contributed by atoms with Gasteiger partial charge in [0.2, 0.25) is 0 Å². The van der Waals surface area contributed by atoms with Gasteiger partial charge in [0, 0.05) is 5.57 Å². The van der Waals surface area contributed by atoms with Gasteiger partial charge in [-0.25, -0.2) is 4.79 Å². The van der Waals surface area contributed by atoms with Crippen molar-refractivity contribution in [2.45, 2.75) is 84.5 Å². The Hall–Kier alpha value is -0.350. The van der Waals surface area contributed by atoms with Crippen molar-refractivity contribution in [1.82, 2.24) is 4.90 Å². The summed E-state index contributed by atoms with van der Waals surface area (Å²) in [6.07, 6.45) is 14.9. The first-order valence-corrected chi connectivity index (χ1v) is 9.01. The minimum Gasteiger partial charge on any atom is -0.478 e. The Morgan fingerprint density at radius 3 is 1.52 bits per heavy atom. The highest BCUT2D eigenvalue weighted by molar-refractivity contribution is 8.93. The van der Waals surface area contributed by atoms with E-state index < -0.39 is 5.97 Å². The summed E-state index contributed by atoms with van der Waals surface area (Å²) in [6, 6.07) is 0. The molecule has 0 aliphatic heterocycles. The van der Waals surface area contributed by atoms with Gasteiger partial charge in [-0.2, -0.15) is 0 Å². The maximum absolute atomic E-state index is 9.83. The fraction of sp³-hybridized carbons (Fsp3) is 0.842. The Balaban J connectivity index is -0.000000425. The highest BCUT2D eigenvalue weighted by Gasteiger charge is 1.96. The van der Waals surface area contributed by atoms with Crippen molar-refractivity contribution in [3.63, 3.8) is 0 Å². The van der Waals surface area contributed by atoms with E-state index in [1.807, 2.05) is 0 Å². The van der Waals surface area contributed by atoms with Crippen molar-refractivity contribution in [3.05, 3.63) is 12.2 Å². The minimum absolute atomic E-state index is 0. The van der Waals surface area contributed by atoms with Crippen molar-refractivity contribution < 1.29 is 9.90 Å². The van der Waals surface area contributed by atoms with Gasteiger partial charge in [0.05, 0.1) is 0 Å². The first kappa shape index (κ1) is 27.5. The van der Waals surface area contributed by atoms with Crippen molar-refractivity contribution >= 4 is 23.0 Å². The van der Waals surface area contributed by atoms with Gasteiger partial charge in [-0.05, 0) is 33.5 Å². The zero-order valence-electron chi connectivity index (χ0n) is 15.9. The summed E-state index contributed by atoms with van der Waals surface area (Å²) in [5.74, 6) is -0.900. The van der Waals surface area contributed by atoms with Crippen LogP contribution in [0.3, 0.4) is 0 Å². The van der Waals surface area contributed by atoms with Crippen LogP contribution in [0.25, 0.3) is 0 Å². The molecule has 0 heterocycles. The molecule has 0 fully saturated rings. The largest absolute Gasteiger partial charge is 0.478 e. The number of halogens is 1. The van der Waals surface area contributed by atoms with Crippen molar-refractivity contribution in [2.24, 2.45) is 0 Å². The molecule has 3 nitrogen and oxygen atoms in total. The molecule has 0 spiro atoms. The van der Waals surface area contributed by atoms with Gasteiger partial charge in [0.25, 0.3) is 0 Å². The molecular formula is C19H40BrNO2. The lowest BCUT2D eigenvalue weighted by molar-refractivity contribution is -0.132. The molecule has 0 amide bonds. The molecule has 0 bridgehead atoms. The lowest BCUT2D eigenvalue weighted by Gasteiger charge is -2.08. The van der Waals surface area contributed by atoms with Crippen LogP contribution in [-0.2, 0) is 4.79 Å². The summed E-state index contributed by atoms with van der Waals surface area (Å²) >= 11 is 0. The second kappa shape index (κ2) is 21.6. The zero-order valence-corrected chi connectivity index (χ0v) is 17.6. The highest BCUT2D eigenvalue weighted by atomic mass is 79.9. The maximum Gasteiger partial charge on any atom is 0.330 e. The predicted octanol–water partition coefficient (Wildman–Crippen LogP) is 6.08. The van der Waals surface area contributed by atoms with Crippen LogP contribution >= 0.6 is 17.0 Å². The molecule has 0 aliphatic rings. The number of carboxylic acids is 1. The number of rotatable bonds is 13. The lowest BCUT2D eigenvalue weighted by Crippen LogP contribution is -2.12. The molecule has 0 radical (unpaired) electrons. The van der Waals surface area contributed by atoms with Crippen molar-refractivity contribution in [3.8, 4) is 0 Å². The van der Waals surface area contributed by atoms with E-state index in [9.17, 15) is 4.79 Å². The first-order chi connectivity index (χ1) is 10.5. The van der Waals surface area contributed by atoms with Crippen LogP contribution in [-0.4, -0.2) is 36.6 Å².